The number of aromatic hydroxyl groups is 1. The number of allylic oxidation sites excluding steroid dienone is 1. The van der Waals surface area contributed by atoms with E-state index < -0.39 is 93.1 Å². The maximum absolute atomic E-state index is 13.9. The number of aliphatic hydroxyl groups is 3. The molecule has 1 aromatic carbocycles. The van der Waals surface area contributed by atoms with E-state index in [1.54, 1.807) is 7.05 Å². The molecular formula is C28H32F3N3O8. The molecule has 0 bridgehead atoms. The molecule has 0 spiro atoms. The second kappa shape index (κ2) is 9.99. The molecule has 14 heteroatoms. The number of halogens is 3. The maximum Gasteiger partial charge on any atom is 0.573 e. The van der Waals surface area contributed by atoms with Crippen molar-refractivity contribution in [2.45, 2.75) is 56.2 Å². The van der Waals surface area contributed by atoms with Crippen LogP contribution in [0.2, 0.25) is 0 Å². The van der Waals surface area contributed by atoms with E-state index in [-0.39, 0.29) is 24.0 Å². The van der Waals surface area contributed by atoms with E-state index >= 15 is 0 Å². The molecule has 1 saturated heterocycles. The summed E-state index contributed by atoms with van der Waals surface area (Å²) in [7, 11) is 4.70. The molecule has 0 aromatic heterocycles. The van der Waals surface area contributed by atoms with Gasteiger partial charge in [-0.25, -0.2) is 0 Å². The average Bonchev–Trinajstić information content (AvgIpc) is 2.87. The molecular weight excluding hydrogens is 563 g/mol. The van der Waals surface area contributed by atoms with Crippen LogP contribution in [0.15, 0.2) is 28.7 Å². The molecule has 0 saturated carbocycles. The number of alkyl halides is 3. The number of ketones is 2. The number of primary amides is 1. The van der Waals surface area contributed by atoms with Gasteiger partial charge in [0.05, 0.1) is 11.6 Å². The third-order valence-corrected chi connectivity index (χ3v) is 9.05. The van der Waals surface area contributed by atoms with Crippen LogP contribution in [0, 0.1) is 11.8 Å². The molecule has 1 amide bonds. The van der Waals surface area contributed by atoms with E-state index in [2.05, 4.69) is 4.74 Å². The van der Waals surface area contributed by atoms with Crippen molar-refractivity contribution >= 4 is 17.5 Å². The highest BCUT2D eigenvalue weighted by molar-refractivity contribution is 6.24. The first-order chi connectivity index (χ1) is 19.5. The lowest BCUT2D eigenvalue weighted by Gasteiger charge is -2.50. The number of ether oxygens (including phenoxy) is 1. The summed E-state index contributed by atoms with van der Waals surface area (Å²) >= 11 is 0. The van der Waals surface area contributed by atoms with Crippen molar-refractivity contribution in [3.63, 3.8) is 0 Å². The fourth-order valence-electron chi connectivity index (χ4n) is 7.28. The molecule has 5 atom stereocenters. The summed E-state index contributed by atoms with van der Waals surface area (Å²) in [5.41, 5.74) is 0.359. The average molecular weight is 596 g/mol. The minimum Gasteiger partial charge on any atom is -0.510 e. The zero-order valence-corrected chi connectivity index (χ0v) is 23.2. The molecule has 6 N–H and O–H groups in total. The number of carbonyl (C=O) groups is 3. The highest BCUT2D eigenvalue weighted by Crippen LogP contribution is 2.54. The lowest BCUT2D eigenvalue weighted by atomic mass is 9.58. The number of nitrogens with two attached hydrogens (primary N) is 1. The Morgan fingerprint density at radius 1 is 1.19 bits per heavy atom. The number of phenols is 1. The number of likely N-dealkylation sites (tertiary alicyclic amines) is 1. The summed E-state index contributed by atoms with van der Waals surface area (Å²) in [6.45, 7) is 0.598. The highest BCUT2D eigenvalue weighted by Gasteiger charge is 2.63. The van der Waals surface area contributed by atoms with Crippen molar-refractivity contribution in [1.29, 1.82) is 0 Å². The molecule has 228 valence electrons. The summed E-state index contributed by atoms with van der Waals surface area (Å²) in [6.07, 6.45) is -3.66. The maximum atomic E-state index is 13.9. The summed E-state index contributed by atoms with van der Waals surface area (Å²) in [6, 6.07) is -0.702. The van der Waals surface area contributed by atoms with E-state index in [9.17, 15) is 48.0 Å². The number of fused-ring (bicyclic) bond motifs is 3. The van der Waals surface area contributed by atoms with Gasteiger partial charge in [0.1, 0.15) is 28.6 Å². The zero-order valence-electron chi connectivity index (χ0n) is 23.2. The number of phenolic OH excluding ortho intramolecular Hbond substituents is 1. The fraction of sp³-hybridized carbons (Fsp3) is 0.536. The van der Waals surface area contributed by atoms with Gasteiger partial charge in [0.25, 0.3) is 5.91 Å². The summed E-state index contributed by atoms with van der Waals surface area (Å²) in [4.78, 5) is 42.6. The Bertz CT molecular complexity index is 1450. The van der Waals surface area contributed by atoms with Crippen LogP contribution in [-0.2, 0) is 16.0 Å². The number of benzene rings is 1. The van der Waals surface area contributed by atoms with Crippen LogP contribution < -0.4 is 10.5 Å². The van der Waals surface area contributed by atoms with E-state index in [1.165, 1.54) is 19.0 Å². The Morgan fingerprint density at radius 2 is 1.86 bits per heavy atom. The van der Waals surface area contributed by atoms with Gasteiger partial charge < -0.3 is 30.9 Å². The molecule has 1 fully saturated rings. The third kappa shape index (κ3) is 4.34. The number of likely N-dealkylation sites (N-methyl/N-ethyl adjacent to an activating group) is 1. The lowest BCUT2D eigenvalue weighted by molar-refractivity contribution is -0.275. The van der Waals surface area contributed by atoms with Crippen molar-refractivity contribution < 1.29 is 52.7 Å². The minimum atomic E-state index is -5.13. The third-order valence-electron chi connectivity index (χ3n) is 9.05. The van der Waals surface area contributed by atoms with Crippen molar-refractivity contribution in [1.82, 2.24) is 9.80 Å². The molecule has 11 nitrogen and oxygen atoms in total. The van der Waals surface area contributed by atoms with E-state index in [0.717, 1.165) is 18.9 Å². The van der Waals surface area contributed by atoms with E-state index in [1.807, 2.05) is 4.90 Å². The summed E-state index contributed by atoms with van der Waals surface area (Å²) < 4.78 is 45.8. The molecule has 4 aliphatic rings. The molecule has 1 heterocycles. The van der Waals surface area contributed by atoms with Crippen LogP contribution in [0.25, 0.3) is 0 Å². The first-order valence-electron chi connectivity index (χ1n) is 13.5. The monoisotopic (exact) mass is 595 g/mol. The molecule has 5 rings (SSSR count). The van der Waals surface area contributed by atoms with Gasteiger partial charge in [0.2, 0.25) is 5.78 Å². The fourth-order valence-corrected chi connectivity index (χ4v) is 7.28. The first-order valence-corrected chi connectivity index (χ1v) is 13.5. The Labute approximate surface area is 238 Å². The molecule has 1 aliphatic heterocycles. The largest absolute Gasteiger partial charge is 0.573 e. The number of piperidine rings is 1. The number of aliphatic hydroxyl groups excluding tert-OH is 2. The summed E-state index contributed by atoms with van der Waals surface area (Å²) in [5.74, 6) is -9.28. The van der Waals surface area contributed by atoms with Crippen molar-refractivity contribution in [2.24, 2.45) is 17.6 Å². The zero-order chi connectivity index (χ0) is 31.0. The van der Waals surface area contributed by atoms with E-state index in [4.69, 9.17) is 5.73 Å². The standard InChI is InChI=1S/C28H32F3N3O8/c1-33(2)20-14-9-11-8-13-18(21(36)17(11)24(38)27(14,41)25(39)19(22(20)37)26(32)40)16(35)10-12(23(13)42-28(29,30)31)15-6-4-5-7-34(15)3/h10-11,14-15,20,35,37-38,41H,4-9H2,1-3H3,(H2,32,40)/t11-,14-,15?,20-,27-/m0/s1. The predicted molar refractivity (Wildman–Crippen MR) is 140 cm³/mol. The SMILES string of the molecule is CN1CCCCC1c1cc(O)c2c(c1OC(F)(F)F)C[C@H]1C[C@H]3[C@H](N(C)C)C(O)=C(C(N)=O)C(=O)[C@@]3(O)C(O)=C1C2=O. The quantitative estimate of drug-likeness (QED) is 0.325. The van der Waals surface area contributed by atoms with Crippen molar-refractivity contribution in [3.05, 3.63) is 45.4 Å². The number of amides is 1. The Kier molecular flexibility index (Phi) is 7.10. The lowest BCUT2D eigenvalue weighted by Crippen LogP contribution is -2.63. The van der Waals surface area contributed by atoms with Gasteiger partial charge in [0.15, 0.2) is 11.4 Å². The molecule has 0 radical (unpaired) electrons. The molecule has 3 aliphatic carbocycles. The van der Waals surface area contributed by atoms with Crippen LogP contribution in [0.1, 0.15) is 53.2 Å². The predicted octanol–water partition coefficient (Wildman–Crippen LogP) is 2.18. The van der Waals surface area contributed by atoms with Gasteiger partial charge in [-0.05, 0) is 65.4 Å². The van der Waals surface area contributed by atoms with Gasteiger partial charge in [-0.15, -0.1) is 13.2 Å². The second-order valence-electron chi connectivity index (χ2n) is 11.7. The Hall–Kier alpha value is -3.62. The number of nitrogens with zero attached hydrogens (tertiary/aromatic N) is 2. The number of hydrogen-bond donors (Lipinski definition) is 5. The topological polar surface area (TPSA) is 174 Å². The second-order valence-corrected chi connectivity index (χ2v) is 11.7. The summed E-state index contributed by atoms with van der Waals surface area (Å²) in [5, 5.41) is 44.9. The van der Waals surface area contributed by atoms with Gasteiger partial charge in [-0.3, -0.25) is 24.2 Å². The number of hydrogen-bond acceptors (Lipinski definition) is 10. The van der Waals surface area contributed by atoms with Crippen LogP contribution in [0.3, 0.4) is 0 Å². The number of carbonyl (C=O) groups excluding carboxylic acids is 3. The van der Waals surface area contributed by atoms with Crippen LogP contribution in [-0.4, -0.2) is 93.4 Å². The smallest absolute Gasteiger partial charge is 0.510 e. The van der Waals surface area contributed by atoms with Gasteiger partial charge in [0, 0.05) is 28.7 Å². The van der Waals surface area contributed by atoms with Gasteiger partial charge in [-0.1, -0.05) is 6.42 Å². The van der Waals surface area contributed by atoms with Crippen molar-refractivity contribution in [3.8, 4) is 11.5 Å². The minimum absolute atomic E-state index is 0.0632. The number of Topliss-reactive ketones (excluding diaryl/α,β-unsaturated/α-hetero) is 2. The number of rotatable bonds is 4. The van der Waals surface area contributed by atoms with Crippen LogP contribution in [0.5, 0.6) is 11.5 Å². The van der Waals surface area contributed by atoms with Crippen LogP contribution >= 0.6 is 0 Å². The molecule has 42 heavy (non-hydrogen) atoms. The van der Waals surface area contributed by atoms with Gasteiger partial charge in [-0.2, -0.15) is 0 Å². The molecule has 1 unspecified atom stereocenters. The molecule has 1 aromatic rings. The Morgan fingerprint density at radius 3 is 2.43 bits per heavy atom. The Balaban J connectivity index is 1.73. The van der Waals surface area contributed by atoms with E-state index in [0.29, 0.717) is 13.0 Å². The van der Waals surface area contributed by atoms with Gasteiger partial charge >= 0.3 is 6.36 Å². The first kappa shape index (κ1) is 29.9. The van der Waals surface area contributed by atoms with Crippen LogP contribution in [0.4, 0.5) is 13.2 Å². The normalized spacial score (nSPS) is 30.3. The van der Waals surface area contributed by atoms with Crippen molar-refractivity contribution in [2.75, 3.05) is 27.7 Å². The highest BCUT2D eigenvalue weighted by atomic mass is 19.4.